The molecule has 0 unspecified atom stereocenters. The number of carboxylic acid groups (broad SMARTS) is 1. The van der Waals surface area contributed by atoms with Gasteiger partial charge in [-0.05, 0) is 18.2 Å². The summed E-state index contributed by atoms with van der Waals surface area (Å²) in [5, 5.41) is 9.85. The molecule has 5 heteroatoms. The number of hydrogen-bond donors (Lipinski definition) is 3. The van der Waals surface area contributed by atoms with Gasteiger partial charge in [0, 0.05) is 11.5 Å². The van der Waals surface area contributed by atoms with Crippen LogP contribution in [0.4, 0.5) is 0 Å². The fourth-order valence-corrected chi connectivity index (χ4v) is 2.00. The maximum atomic E-state index is 10.8. The predicted molar refractivity (Wildman–Crippen MR) is 63.7 cm³/mol. The molecule has 0 spiro atoms. The smallest absolute Gasteiger partial charge is 0.352 e. The zero-order chi connectivity index (χ0) is 12.0. The molecule has 0 fully saturated rings. The molecule has 1 aromatic carbocycles. The minimum atomic E-state index is -0.962. The van der Waals surface area contributed by atoms with Crippen LogP contribution in [-0.2, 0) is 0 Å². The highest BCUT2D eigenvalue weighted by Crippen LogP contribution is 2.28. The highest BCUT2D eigenvalue weighted by molar-refractivity contribution is 6.08. The zero-order valence-electron chi connectivity index (χ0n) is 9.07. The van der Waals surface area contributed by atoms with Gasteiger partial charge >= 0.3 is 5.97 Å². The number of aromatic carboxylic acids is 1. The second kappa shape index (κ2) is 3.28. The average molecular weight is 230 g/mol. The van der Waals surface area contributed by atoms with Gasteiger partial charge in [-0.15, -0.1) is 0 Å². The Morgan fingerprint density at radius 3 is 2.76 bits per heavy atom. The molecule has 0 aliphatic carbocycles. The molecule has 0 radical (unpaired) electrons. The SMILES string of the molecule is COc1ccc2c(c1)[nH]c1cc(C(=O)O)[nH]c12. The largest absolute Gasteiger partial charge is 0.497 e. The van der Waals surface area contributed by atoms with Gasteiger partial charge in [-0.25, -0.2) is 4.79 Å². The van der Waals surface area contributed by atoms with E-state index in [1.807, 2.05) is 18.2 Å². The van der Waals surface area contributed by atoms with Crippen molar-refractivity contribution in [1.82, 2.24) is 9.97 Å². The van der Waals surface area contributed by atoms with E-state index in [2.05, 4.69) is 9.97 Å². The number of nitrogens with one attached hydrogen (secondary N) is 2. The lowest BCUT2D eigenvalue weighted by Crippen LogP contribution is -1.95. The van der Waals surface area contributed by atoms with Crippen LogP contribution >= 0.6 is 0 Å². The number of fused-ring (bicyclic) bond motifs is 3. The van der Waals surface area contributed by atoms with Gasteiger partial charge < -0.3 is 19.8 Å². The number of aromatic amines is 2. The Kier molecular flexibility index (Phi) is 1.89. The molecule has 0 bridgehead atoms. The van der Waals surface area contributed by atoms with Gasteiger partial charge in [0.05, 0.1) is 23.7 Å². The minimum absolute atomic E-state index is 0.184. The first kappa shape index (κ1) is 9.77. The van der Waals surface area contributed by atoms with Gasteiger partial charge in [-0.1, -0.05) is 0 Å². The Labute approximate surface area is 96.0 Å². The van der Waals surface area contributed by atoms with Gasteiger partial charge in [0.25, 0.3) is 0 Å². The molecule has 0 amide bonds. The lowest BCUT2D eigenvalue weighted by Gasteiger charge is -1.98. The number of ether oxygens (including phenoxy) is 1. The number of carboxylic acids is 1. The van der Waals surface area contributed by atoms with Crippen LogP contribution in [0.5, 0.6) is 5.75 Å². The van der Waals surface area contributed by atoms with E-state index in [1.54, 1.807) is 13.2 Å². The summed E-state index contributed by atoms with van der Waals surface area (Å²) in [6, 6.07) is 7.21. The maximum absolute atomic E-state index is 10.8. The lowest BCUT2D eigenvalue weighted by atomic mass is 10.2. The van der Waals surface area contributed by atoms with Crippen LogP contribution in [0.1, 0.15) is 10.5 Å². The predicted octanol–water partition coefficient (Wildman–Crippen LogP) is 2.36. The van der Waals surface area contributed by atoms with Crippen molar-refractivity contribution in [2.24, 2.45) is 0 Å². The fourth-order valence-electron chi connectivity index (χ4n) is 2.00. The monoisotopic (exact) mass is 230 g/mol. The van der Waals surface area contributed by atoms with E-state index >= 15 is 0 Å². The Hall–Kier alpha value is -2.43. The topological polar surface area (TPSA) is 78.1 Å². The highest BCUT2D eigenvalue weighted by Gasteiger charge is 2.12. The van der Waals surface area contributed by atoms with Crippen LogP contribution in [0.3, 0.4) is 0 Å². The summed E-state index contributed by atoms with van der Waals surface area (Å²) >= 11 is 0. The summed E-state index contributed by atoms with van der Waals surface area (Å²) in [6.45, 7) is 0. The molecule has 5 nitrogen and oxygen atoms in total. The van der Waals surface area contributed by atoms with Crippen molar-refractivity contribution in [3.05, 3.63) is 30.0 Å². The summed E-state index contributed by atoms with van der Waals surface area (Å²) in [5.41, 5.74) is 2.69. The molecule has 17 heavy (non-hydrogen) atoms. The quantitative estimate of drug-likeness (QED) is 0.632. The second-order valence-electron chi connectivity index (χ2n) is 3.81. The molecule has 3 aromatic rings. The van der Waals surface area contributed by atoms with Gasteiger partial charge in [0.15, 0.2) is 0 Å². The summed E-state index contributed by atoms with van der Waals surface area (Å²) in [7, 11) is 1.61. The fraction of sp³-hybridized carbons (Fsp3) is 0.0833. The number of H-pyrrole nitrogens is 2. The second-order valence-corrected chi connectivity index (χ2v) is 3.81. The summed E-state index contributed by atoms with van der Waals surface area (Å²) in [5.74, 6) is -0.198. The standard InChI is InChI=1S/C12H10N2O3/c1-17-6-2-3-7-8(4-6)13-9-5-10(12(15)16)14-11(7)9/h2-5,13-14H,1H3,(H,15,16). The van der Waals surface area contributed by atoms with Crippen LogP contribution in [0.2, 0.25) is 0 Å². The maximum Gasteiger partial charge on any atom is 0.352 e. The first-order valence-electron chi connectivity index (χ1n) is 5.11. The number of carbonyl (C=O) groups is 1. The number of benzene rings is 1. The van der Waals surface area contributed by atoms with E-state index in [0.717, 1.165) is 27.7 Å². The van der Waals surface area contributed by atoms with Crippen LogP contribution in [0, 0.1) is 0 Å². The Balaban J connectivity index is 2.30. The van der Waals surface area contributed by atoms with Crippen molar-refractivity contribution in [2.45, 2.75) is 0 Å². The summed E-state index contributed by atoms with van der Waals surface area (Å²) in [4.78, 5) is 16.9. The molecule has 0 aliphatic heterocycles. The Morgan fingerprint density at radius 2 is 2.06 bits per heavy atom. The van der Waals surface area contributed by atoms with E-state index in [1.165, 1.54) is 0 Å². The summed E-state index contributed by atoms with van der Waals surface area (Å²) in [6.07, 6.45) is 0. The first-order valence-corrected chi connectivity index (χ1v) is 5.11. The number of rotatable bonds is 2. The molecule has 0 saturated heterocycles. The molecule has 0 atom stereocenters. The van der Waals surface area contributed by atoms with Gasteiger partial charge in [-0.3, -0.25) is 0 Å². The lowest BCUT2D eigenvalue weighted by molar-refractivity contribution is 0.0691. The first-order chi connectivity index (χ1) is 8.19. The van der Waals surface area contributed by atoms with Crippen LogP contribution in [-0.4, -0.2) is 28.2 Å². The van der Waals surface area contributed by atoms with Crippen molar-refractivity contribution in [3.8, 4) is 5.75 Å². The van der Waals surface area contributed by atoms with Gasteiger partial charge in [0.1, 0.15) is 11.4 Å². The zero-order valence-corrected chi connectivity index (χ0v) is 9.07. The molecule has 0 aliphatic rings. The number of hydrogen-bond acceptors (Lipinski definition) is 2. The molecule has 0 saturated carbocycles. The molecule has 2 heterocycles. The van der Waals surface area contributed by atoms with Crippen molar-refractivity contribution < 1.29 is 14.6 Å². The van der Waals surface area contributed by atoms with Crippen molar-refractivity contribution in [1.29, 1.82) is 0 Å². The van der Waals surface area contributed by atoms with Gasteiger partial charge in [0.2, 0.25) is 0 Å². The van der Waals surface area contributed by atoms with Gasteiger partial charge in [-0.2, -0.15) is 0 Å². The molecular weight excluding hydrogens is 220 g/mol. The average Bonchev–Trinajstić information content (AvgIpc) is 2.84. The van der Waals surface area contributed by atoms with Crippen molar-refractivity contribution in [2.75, 3.05) is 7.11 Å². The van der Waals surface area contributed by atoms with E-state index in [9.17, 15) is 4.79 Å². The molecule has 3 rings (SSSR count). The molecular formula is C12H10N2O3. The normalized spacial score (nSPS) is 11.1. The molecule has 2 aromatic heterocycles. The van der Waals surface area contributed by atoms with Crippen molar-refractivity contribution >= 4 is 27.9 Å². The van der Waals surface area contributed by atoms with E-state index in [-0.39, 0.29) is 5.69 Å². The van der Waals surface area contributed by atoms with Crippen molar-refractivity contribution in [3.63, 3.8) is 0 Å². The Bertz CT molecular complexity index is 724. The van der Waals surface area contributed by atoms with Crippen LogP contribution in [0.25, 0.3) is 21.9 Å². The third-order valence-electron chi connectivity index (χ3n) is 2.81. The Morgan fingerprint density at radius 1 is 1.24 bits per heavy atom. The summed E-state index contributed by atoms with van der Waals surface area (Å²) < 4.78 is 5.13. The van der Waals surface area contributed by atoms with E-state index in [4.69, 9.17) is 9.84 Å². The third-order valence-corrected chi connectivity index (χ3v) is 2.81. The third kappa shape index (κ3) is 1.36. The number of aromatic nitrogens is 2. The van der Waals surface area contributed by atoms with Crippen LogP contribution < -0.4 is 4.74 Å². The van der Waals surface area contributed by atoms with E-state index < -0.39 is 5.97 Å². The molecule has 3 N–H and O–H groups in total. The minimum Gasteiger partial charge on any atom is -0.497 e. The van der Waals surface area contributed by atoms with E-state index in [0.29, 0.717) is 0 Å². The van der Waals surface area contributed by atoms with Crippen LogP contribution in [0.15, 0.2) is 24.3 Å². The number of methoxy groups -OCH3 is 1. The highest BCUT2D eigenvalue weighted by atomic mass is 16.5. The molecule has 86 valence electrons.